The number of H-pyrrole nitrogens is 1. The maximum absolute atomic E-state index is 11.4. The van der Waals surface area contributed by atoms with E-state index in [-0.39, 0.29) is 0 Å². The van der Waals surface area contributed by atoms with Crippen molar-refractivity contribution in [3.8, 4) is 5.75 Å². The van der Waals surface area contributed by atoms with Gasteiger partial charge in [0.05, 0.1) is 13.4 Å². The summed E-state index contributed by atoms with van der Waals surface area (Å²) in [5.41, 5.74) is 2.39. The maximum atomic E-state index is 11.4. The van der Waals surface area contributed by atoms with Crippen LogP contribution in [0.2, 0.25) is 0 Å². The van der Waals surface area contributed by atoms with Gasteiger partial charge in [-0.05, 0) is 31.4 Å². The van der Waals surface area contributed by atoms with Gasteiger partial charge in [-0.2, -0.15) is 10.3 Å². The molecule has 43 heavy (non-hydrogen) atoms. The molecule has 0 unspecified atom stereocenters. The summed E-state index contributed by atoms with van der Waals surface area (Å²) >= 11 is 0. The Balaban J connectivity index is 2.06. The van der Waals surface area contributed by atoms with Crippen molar-refractivity contribution in [2.24, 2.45) is 16.1 Å². The van der Waals surface area contributed by atoms with E-state index in [2.05, 4.69) is 49.1 Å². The van der Waals surface area contributed by atoms with Crippen LogP contribution in [0.5, 0.6) is 5.75 Å². The molecule has 244 valence electrons. The number of hydrogen-bond acceptors (Lipinski definition) is 8. The van der Waals surface area contributed by atoms with Crippen LogP contribution in [0.25, 0.3) is 0 Å². The quantitative estimate of drug-likeness (QED) is 0.0851. The second kappa shape index (κ2) is 21.2. The summed E-state index contributed by atoms with van der Waals surface area (Å²) in [4.78, 5) is 2.07. The number of sulfonamides is 1. The summed E-state index contributed by atoms with van der Waals surface area (Å²) in [6.45, 7) is 8.13. The van der Waals surface area contributed by atoms with Crippen LogP contribution in [-0.2, 0) is 16.4 Å². The predicted molar refractivity (Wildman–Crippen MR) is 177 cm³/mol. The first-order chi connectivity index (χ1) is 20.8. The molecular weight excluding hydrogens is 562 g/mol. The standard InChI is InChI=1S/C32H57N7O3S/c1-6-9-11-13-15-17-19-27(20-18-16-14-12-10-7-2)25-30-32(37-38-35-30)36-34-29-22-21-28(26-31(29)42-4)39(8-3)24-23-33-43(5,40)41/h21-22,26-27,33H,6-20,23-25H2,1-5H3,(H,35,37,38). The summed E-state index contributed by atoms with van der Waals surface area (Å²) in [7, 11) is -1.62. The average molecular weight is 620 g/mol. The molecule has 0 aliphatic heterocycles. The Bertz CT molecular complexity index is 1140. The molecule has 0 amide bonds. The summed E-state index contributed by atoms with van der Waals surface area (Å²) in [5, 5.41) is 20.5. The smallest absolute Gasteiger partial charge is 0.218 e. The molecule has 0 atom stereocenters. The number of hydrogen-bond donors (Lipinski definition) is 2. The van der Waals surface area contributed by atoms with Gasteiger partial charge >= 0.3 is 0 Å². The van der Waals surface area contributed by atoms with Gasteiger partial charge in [0.15, 0.2) is 0 Å². The van der Waals surface area contributed by atoms with E-state index >= 15 is 0 Å². The van der Waals surface area contributed by atoms with E-state index < -0.39 is 10.0 Å². The lowest BCUT2D eigenvalue weighted by Gasteiger charge is -2.23. The van der Waals surface area contributed by atoms with Gasteiger partial charge in [-0.15, -0.1) is 15.3 Å². The second-order valence-electron chi connectivity index (χ2n) is 11.6. The molecule has 0 saturated carbocycles. The number of nitrogens with one attached hydrogen (secondary N) is 2. The van der Waals surface area contributed by atoms with Crippen LogP contribution in [0.15, 0.2) is 28.4 Å². The van der Waals surface area contributed by atoms with Crippen molar-refractivity contribution in [2.75, 3.05) is 37.9 Å². The molecule has 0 saturated heterocycles. The molecule has 0 spiro atoms. The number of likely N-dealkylation sites (N-methyl/N-ethyl adjacent to an activating group) is 1. The zero-order chi connectivity index (χ0) is 31.3. The molecule has 1 aromatic heterocycles. The minimum Gasteiger partial charge on any atom is -0.494 e. The lowest BCUT2D eigenvalue weighted by molar-refractivity contribution is 0.398. The lowest BCUT2D eigenvalue weighted by Crippen LogP contribution is -2.34. The Hall–Kier alpha value is -2.53. The summed E-state index contributed by atoms with van der Waals surface area (Å²) < 4.78 is 31.0. The minimum absolute atomic E-state index is 0.324. The molecule has 1 aromatic carbocycles. The van der Waals surface area contributed by atoms with E-state index in [1.807, 2.05) is 25.1 Å². The minimum atomic E-state index is -3.23. The molecule has 0 radical (unpaired) electrons. The molecule has 11 heteroatoms. The Morgan fingerprint density at radius 3 is 2.12 bits per heavy atom. The predicted octanol–water partition coefficient (Wildman–Crippen LogP) is 8.26. The Morgan fingerprint density at radius 1 is 0.907 bits per heavy atom. The number of ether oxygens (including phenoxy) is 1. The van der Waals surface area contributed by atoms with E-state index in [4.69, 9.17) is 4.74 Å². The van der Waals surface area contributed by atoms with Crippen molar-refractivity contribution in [1.29, 1.82) is 0 Å². The van der Waals surface area contributed by atoms with Crippen LogP contribution in [0.3, 0.4) is 0 Å². The molecule has 0 aliphatic carbocycles. The average Bonchev–Trinajstić information content (AvgIpc) is 3.43. The second-order valence-corrected chi connectivity index (χ2v) is 13.4. The molecule has 0 bridgehead atoms. The van der Waals surface area contributed by atoms with Crippen molar-refractivity contribution < 1.29 is 13.2 Å². The van der Waals surface area contributed by atoms with Crippen LogP contribution in [0.1, 0.15) is 116 Å². The van der Waals surface area contributed by atoms with Crippen LogP contribution in [-0.4, -0.2) is 56.8 Å². The fraction of sp³-hybridized carbons (Fsp3) is 0.750. The molecule has 10 nitrogen and oxygen atoms in total. The normalized spacial score (nSPS) is 12.0. The first kappa shape index (κ1) is 36.7. The van der Waals surface area contributed by atoms with Gasteiger partial charge < -0.3 is 9.64 Å². The zero-order valence-corrected chi connectivity index (χ0v) is 28.2. The number of azo groups is 1. The van der Waals surface area contributed by atoms with Crippen LogP contribution >= 0.6 is 0 Å². The highest BCUT2D eigenvalue weighted by atomic mass is 32.2. The van der Waals surface area contributed by atoms with Gasteiger partial charge in [-0.3, -0.25) is 0 Å². The Kier molecular flexibility index (Phi) is 18.1. The third-order valence-corrected chi connectivity index (χ3v) is 8.65. The highest BCUT2D eigenvalue weighted by Crippen LogP contribution is 2.34. The first-order valence-electron chi connectivity index (χ1n) is 16.5. The van der Waals surface area contributed by atoms with Crippen molar-refractivity contribution >= 4 is 27.2 Å². The van der Waals surface area contributed by atoms with Gasteiger partial charge in [0, 0.05) is 31.4 Å². The SMILES string of the molecule is CCCCCCCCC(CCCCCCCC)Cc1n[nH]nc1N=Nc1ccc(N(CC)CCNS(C)(=O)=O)cc1OC. The molecule has 0 fully saturated rings. The number of nitrogens with zero attached hydrogens (tertiary/aromatic N) is 5. The van der Waals surface area contributed by atoms with Crippen molar-refractivity contribution in [3.05, 3.63) is 23.9 Å². The topological polar surface area (TPSA) is 125 Å². The van der Waals surface area contributed by atoms with Gasteiger partial charge in [0.2, 0.25) is 15.8 Å². The number of aromatic nitrogens is 3. The third kappa shape index (κ3) is 15.2. The number of anilines is 1. The van der Waals surface area contributed by atoms with Gasteiger partial charge in [-0.1, -0.05) is 104 Å². The number of methoxy groups -OCH3 is 1. The maximum Gasteiger partial charge on any atom is 0.218 e. The zero-order valence-electron chi connectivity index (χ0n) is 27.4. The number of benzene rings is 1. The highest BCUT2D eigenvalue weighted by Gasteiger charge is 2.16. The van der Waals surface area contributed by atoms with E-state index in [0.717, 1.165) is 30.6 Å². The summed E-state index contributed by atoms with van der Waals surface area (Å²) in [5.74, 6) is 1.69. The van der Waals surface area contributed by atoms with Crippen molar-refractivity contribution in [3.63, 3.8) is 0 Å². The van der Waals surface area contributed by atoms with E-state index in [1.54, 1.807) is 7.11 Å². The first-order valence-corrected chi connectivity index (χ1v) is 18.4. The van der Waals surface area contributed by atoms with Crippen LogP contribution < -0.4 is 14.4 Å². The highest BCUT2D eigenvalue weighted by molar-refractivity contribution is 7.88. The Morgan fingerprint density at radius 2 is 1.53 bits per heavy atom. The van der Waals surface area contributed by atoms with Gasteiger partial charge in [0.1, 0.15) is 17.1 Å². The molecule has 0 aliphatic rings. The monoisotopic (exact) mass is 619 g/mol. The van der Waals surface area contributed by atoms with E-state index in [9.17, 15) is 8.42 Å². The Labute approximate surface area is 260 Å². The third-order valence-electron chi connectivity index (χ3n) is 7.92. The van der Waals surface area contributed by atoms with E-state index in [0.29, 0.717) is 36.3 Å². The number of rotatable bonds is 25. The van der Waals surface area contributed by atoms with Crippen LogP contribution in [0, 0.1) is 5.92 Å². The lowest BCUT2D eigenvalue weighted by atomic mass is 9.90. The van der Waals surface area contributed by atoms with Crippen LogP contribution in [0.4, 0.5) is 17.2 Å². The summed E-state index contributed by atoms with van der Waals surface area (Å²) in [6, 6.07) is 5.71. The van der Waals surface area contributed by atoms with Gasteiger partial charge in [-0.25, -0.2) is 13.1 Å². The van der Waals surface area contributed by atoms with Gasteiger partial charge in [0.25, 0.3) is 0 Å². The molecule has 1 heterocycles. The molecule has 2 aromatic rings. The van der Waals surface area contributed by atoms with Crippen molar-refractivity contribution in [1.82, 2.24) is 20.1 Å². The fourth-order valence-corrected chi connectivity index (χ4v) is 5.86. The molecular formula is C32H57N7O3S. The summed E-state index contributed by atoms with van der Waals surface area (Å²) in [6.07, 6.45) is 20.2. The molecule has 2 N–H and O–H groups in total. The van der Waals surface area contributed by atoms with Crippen molar-refractivity contribution in [2.45, 2.75) is 117 Å². The van der Waals surface area contributed by atoms with E-state index in [1.165, 1.54) is 89.9 Å². The molecule has 2 rings (SSSR count). The largest absolute Gasteiger partial charge is 0.494 e. The fourth-order valence-electron chi connectivity index (χ4n) is 5.40. The number of unbranched alkanes of at least 4 members (excludes halogenated alkanes) is 10. The number of aromatic amines is 1.